The van der Waals surface area contributed by atoms with Gasteiger partial charge in [0.25, 0.3) is 0 Å². The first-order valence-corrected chi connectivity index (χ1v) is 14.4. The average Bonchev–Trinajstić information content (AvgIpc) is 3.55. The highest BCUT2D eigenvalue weighted by Crippen LogP contribution is 2.31. The molecule has 2 aromatic carbocycles. The van der Waals surface area contributed by atoms with Crippen molar-refractivity contribution in [1.82, 2.24) is 18.9 Å². The van der Waals surface area contributed by atoms with Crippen molar-refractivity contribution in [3.63, 3.8) is 0 Å². The average molecular weight is 549 g/mol. The van der Waals surface area contributed by atoms with Gasteiger partial charge in [-0.25, -0.2) is 14.4 Å². The minimum Gasteiger partial charge on any atom is -0.445 e. The quantitative estimate of drug-likeness (QED) is 0.402. The molecule has 5 rings (SSSR count). The Morgan fingerprint density at radius 2 is 1.57 bits per heavy atom. The molecule has 2 aliphatic rings. The number of imidazole rings is 1. The van der Waals surface area contributed by atoms with E-state index < -0.39 is 17.8 Å². The predicted molar refractivity (Wildman–Crippen MR) is 153 cm³/mol. The maximum atomic E-state index is 13.7. The highest BCUT2D eigenvalue weighted by atomic mass is 16.6. The molecule has 0 N–H and O–H groups in total. The minimum absolute atomic E-state index is 0.00754. The number of amides is 2. The van der Waals surface area contributed by atoms with E-state index in [-0.39, 0.29) is 24.4 Å². The zero-order chi connectivity index (χ0) is 28.3. The molecule has 1 aliphatic heterocycles. The molecule has 2 fully saturated rings. The molecule has 0 radical (unpaired) electrons. The van der Waals surface area contributed by atoms with Gasteiger partial charge < -0.3 is 19.3 Å². The molecule has 0 spiro atoms. The zero-order valence-corrected chi connectivity index (χ0v) is 23.8. The van der Waals surface area contributed by atoms with Crippen LogP contribution in [0.2, 0.25) is 0 Å². The van der Waals surface area contributed by atoms with E-state index in [0.29, 0.717) is 32.6 Å². The van der Waals surface area contributed by atoms with E-state index in [2.05, 4.69) is 0 Å². The Balaban J connectivity index is 1.35. The molecule has 3 aromatic rings. The van der Waals surface area contributed by atoms with E-state index in [4.69, 9.17) is 9.47 Å². The second-order valence-electron chi connectivity index (χ2n) is 11.8. The molecule has 2 heterocycles. The van der Waals surface area contributed by atoms with E-state index in [1.54, 1.807) is 9.80 Å². The number of nitrogens with zero attached hydrogens (tertiary/aromatic N) is 4. The van der Waals surface area contributed by atoms with E-state index >= 15 is 0 Å². The van der Waals surface area contributed by atoms with Crippen LogP contribution in [0.4, 0.5) is 9.59 Å². The molecule has 9 nitrogen and oxygen atoms in total. The summed E-state index contributed by atoms with van der Waals surface area (Å²) in [4.78, 5) is 43.2. The summed E-state index contributed by atoms with van der Waals surface area (Å²) in [6.07, 6.45) is 3.99. The lowest BCUT2D eigenvalue weighted by Crippen LogP contribution is -2.57. The second kappa shape index (κ2) is 11.8. The number of carbonyl (C=O) groups excluding carboxylic acids is 2. The molecule has 1 aliphatic carbocycles. The molecule has 1 saturated heterocycles. The Morgan fingerprint density at radius 3 is 2.27 bits per heavy atom. The number of aromatic nitrogens is 2. The van der Waals surface area contributed by atoms with Crippen molar-refractivity contribution in [1.29, 1.82) is 0 Å². The van der Waals surface area contributed by atoms with Crippen LogP contribution in [-0.2, 0) is 22.6 Å². The number of fused-ring (bicyclic) bond motifs is 1. The third-order valence-corrected chi connectivity index (χ3v) is 7.82. The summed E-state index contributed by atoms with van der Waals surface area (Å²) in [6, 6.07) is 17.4. The van der Waals surface area contributed by atoms with Gasteiger partial charge >= 0.3 is 17.9 Å². The van der Waals surface area contributed by atoms with Gasteiger partial charge in [0.15, 0.2) is 0 Å². The Hall–Kier alpha value is -3.75. The van der Waals surface area contributed by atoms with Crippen molar-refractivity contribution in [3.05, 3.63) is 70.6 Å². The molecule has 0 unspecified atom stereocenters. The first-order valence-electron chi connectivity index (χ1n) is 14.4. The van der Waals surface area contributed by atoms with E-state index in [0.717, 1.165) is 42.3 Å². The molecule has 0 bridgehead atoms. The summed E-state index contributed by atoms with van der Waals surface area (Å²) >= 11 is 0. The molecular formula is C31H40N4O5. The van der Waals surface area contributed by atoms with Crippen LogP contribution in [-0.4, -0.2) is 62.4 Å². The summed E-state index contributed by atoms with van der Waals surface area (Å²) in [7, 11) is 0. The fourth-order valence-electron chi connectivity index (χ4n) is 5.88. The number of para-hydroxylation sites is 2. The van der Waals surface area contributed by atoms with Crippen LogP contribution in [0.3, 0.4) is 0 Å². The number of benzene rings is 2. The maximum Gasteiger partial charge on any atom is 0.410 e. The van der Waals surface area contributed by atoms with Gasteiger partial charge in [0.1, 0.15) is 12.2 Å². The Kier molecular flexibility index (Phi) is 8.19. The lowest BCUT2D eigenvalue weighted by Gasteiger charge is -2.41. The first-order chi connectivity index (χ1) is 19.2. The van der Waals surface area contributed by atoms with Crippen LogP contribution in [0.25, 0.3) is 11.0 Å². The van der Waals surface area contributed by atoms with Gasteiger partial charge in [-0.3, -0.25) is 9.13 Å². The van der Waals surface area contributed by atoms with Crippen molar-refractivity contribution in [2.45, 2.75) is 83.7 Å². The fourth-order valence-corrected chi connectivity index (χ4v) is 5.88. The highest BCUT2D eigenvalue weighted by Gasteiger charge is 2.36. The van der Waals surface area contributed by atoms with Gasteiger partial charge in [-0.05, 0) is 57.7 Å². The van der Waals surface area contributed by atoms with Crippen molar-refractivity contribution >= 4 is 23.2 Å². The molecule has 2 amide bonds. The van der Waals surface area contributed by atoms with Gasteiger partial charge in [-0.1, -0.05) is 55.3 Å². The molecular weight excluding hydrogens is 508 g/mol. The summed E-state index contributed by atoms with van der Waals surface area (Å²) in [5.41, 5.74) is 2.12. The van der Waals surface area contributed by atoms with Gasteiger partial charge in [0.05, 0.1) is 17.1 Å². The van der Waals surface area contributed by atoms with Gasteiger partial charge in [0, 0.05) is 32.2 Å². The molecule has 214 valence electrons. The van der Waals surface area contributed by atoms with Crippen molar-refractivity contribution in [3.8, 4) is 0 Å². The van der Waals surface area contributed by atoms with E-state index in [1.807, 2.05) is 84.5 Å². The van der Waals surface area contributed by atoms with Crippen LogP contribution in [0.5, 0.6) is 0 Å². The number of carbonyl (C=O) groups is 2. The van der Waals surface area contributed by atoms with Crippen molar-refractivity contribution in [2.24, 2.45) is 0 Å². The van der Waals surface area contributed by atoms with Crippen LogP contribution in [0, 0.1) is 0 Å². The largest absolute Gasteiger partial charge is 0.445 e. The normalized spacial score (nSPS) is 18.3. The fraction of sp³-hybridized carbons (Fsp3) is 0.516. The molecule has 40 heavy (non-hydrogen) atoms. The number of piperazine rings is 1. The first kappa shape index (κ1) is 27.8. The topological polar surface area (TPSA) is 86.0 Å². The Labute approximate surface area is 235 Å². The highest BCUT2D eigenvalue weighted by molar-refractivity contribution is 5.76. The maximum absolute atomic E-state index is 13.7. The van der Waals surface area contributed by atoms with Crippen LogP contribution in [0.1, 0.15) is 64.5 Å². The van der Waals surface area contributed by atoms with Crippen LogP contribution in [0.15, 0.2) is 59.4 Å². The third-order valence-electron chi connectivity index (χ3n) is 7.82. The van der Waals surface area contributed by atoms with Crippen LogP contribution >= 0.6 is 0 Å². The third kappa shape index (κ3) is 6.18. The van der Waals surface area contributed by atoms with Gasteiger partial charge in [-0.15, -0.1) is 0 Å². The Bertz CT molecular complexity index is 1380. The standard InChI is InChI=1S/C31H40N4O5/c1-31(2,3)40-30(38)33-20-19-32(29(37)39-22-23-11-5-4-6-12-23)21-25(33)17-18-34-26-15-9-10-16-27(26)35(28(34)36)24-13-7-8-14-24/h4-6,9-12,15-16,24-25H,7-8,13-14,17-22H2,1-3H3/t25-/m1/s1. The lowest BCUT2D eigenvalue weighted by molar-refractivity contribution is -0.00500. The van der Waals surface area contributed by atoms with E-state index in [9.17, 15) is 14.4 Å². The number of aryl methyl sites for hydroxylation is 1. The summed E-state index contributed by atoms with van der Waals surface area (Å²) in [5.74, 6) is 0. The predicted octanol–water partition coefficient (Wildman–Crippen LogP) is 5.57. The van der Waals surface area contributed by atoms with Gasteiger partial charge in [-0.2, -0.15) is 0 Å². The Morgan fingerprint density at radius 1 is 0.900 bits per heavy atom. The summed E-state index contributed by atoms with van der Waals surface area (Å²) < 4.78 is 15.1. The number of hydrogen-bond donors (Lipinski definition) is 0. The number of rotatable bonds is 6. The monoisotopic (exact) mass is 548 g/mol. The second-order valence-corrected chi connectivity index (χ2v) is 11.8. The smallest absolute Gasteiger partial charge is 0.410 e. The number of ether oxygens (including phenoxy) is 2. The zero-order valence-electron chi connectivity index (χ0n) is 23.8. The lowest BCUT2D eigenvalue weighted by atomic mass is 10.1. The minimum atomic E-state index is -0.640. The molecule has 1 saturated carbocycles. The van der Waals surface area contributed by atoms with Crippen molar-refractivity contribution < 1.29 is 19.1 Å². The number of hydrogen-bond acceptors (Lipinski definition) is 5. The summed E-state index contributed by atoms with van der Waals surface area (Å²) in [5, 5.41) is 0. The summed E-state index contributed by atoms with van der Waals surface area (Å²) in [6.45, 7) is 7.13. The van der Waals surface area contributed by atoms with Crippen LogP contribution < -0.4 is 5.69 Å². The molecule has 1 atom stereocenters. The molecule has 1 aromatic heterocycles. The van der Waals surface area contributed by atoms with E-state index in [1.165, 1.54) is 0 Å². The molecule has 9 heteroatoms. The van der Waals surface area contributed by atoms with Crippen molar-refractivity contribution in [2.75, 3.05) is 19.6 Å². The van der Waals surface area contributed by atoms with Gasteiger partial charge in [0.2, 0.25) is 0 Å². The SMILES string of the molecule is CC(C)(C)OC(=O)N1CCN(C(=O)OCc2ccccc2)C[C@H]1CCn1c(=O)n(C2CCCC2)c2ccccc21.